The van der Waals surface area contributed by atoms with Crippen molar-refractivity contribution in [1.82, 2.24) is 0 Å². The van der Waals surface area contributed by atoms with Gasteiger partial charge in [0.1, 0.15) is 23.5 Å². The Hall–Kier alpha value is -3.60. The van der Waals surface area contributed by atoms with Gasteiger partial charge in [0, 0.05) is 16.9 Å². The van der Waals surface area contributed by atoms with E-state index < -0.39 is 45.1 Å². The van der Waals surface area contributed by atoms with Crippen LogP contribution in [0.4, 0.5) is 33.3 Å². The Morgan fingerprint density at radius 2 is 1.77 bits per heavy atom. The van der Waals surface area contributed by atoms with Crippen LogP contribution in [0.25, 0.3) is 5.70 Å². The second-order valence-electron chi connectivity index (χ2n) is 7.86. The number of nitrogens with one attached hydrogen (secondary N) is 1. The van der Waals surface area contributed by atoms with Gasteiger partial charge in [-0.1, -0.05) is 12.6 Å². The molecule has 0 fully saturated rings. The molecule has 0 saturated carbocycles. The normalized spacial score (nSPS) is 15.8. The number of nitrogens with zero attached hydrogens (tertiary/aromatic N) is 1. The summed E-state index contributed by atoms with van der Waals surface area (Å²) < 4.78 is 101. The zero-order valence-corrected chi connectivity index (χ0v) is 19.1. The Balaban J connectivity index is 1.72. The van der Waals surface area contributed by atoms with Gasteiger partial charge in [-0.2, -0.15) is 13.2 Å². The molecule has 1 unspecified atom stereocenters. The van der Waals surface area contributed by atoms with Gasteiger partial charge in [0.15, 0.2) is 0 Å². The minimum absolute atomic E-state index is 0.0668. The average molecular weight is 510 g/mol. The van der Waals surface area contributed by atoms with E-state index in [1.165, 1.54) is 18.2 Å². The number of hydrogen-bond acceptors (Lipinski definition) is 4. The smallest absolute Gasteiger partial charge is 0.417 e. The molecule has 1 aliphatic rings. The van der Waals surface area contributed by atoms with Crippen LogP contribution in [0.1, 0.15) is 18.1 Å². The summed E-state index contributed by atoms with van der Waals surface area (Å²) in [6, 6.07) is 11.1. The summed E-state index contributed by atoms with van der Waals surface area (Å²) in [5, 5.41) is 2.63. The van der Waals surface area contributed by atoms with Crippen molar-refractivity contribution in [3.8, 4) is 5.75 Å². The number of rotatable bonds is 5. The summed E-state index contributed by atoms with van der Waals surface area (Å²) in [6.07, 6.45) is -5.33. The lowest BCUT2D eigenvalue weighted by molar-refractivity contribution is -0.138. The number of ether oxygens (including phenoxy) is 1. The summed E-state index contributed by atoms with van der Waals surface area (Å²) in [5.74, 6) is -1.50. The quantitative estimate of drug-likeness (QED) is 0.425. The van der Waals surface area contributed by atoms with Crippen LogP contribution in [0.5, 0.6) is 5.75 Å². The van der Waals surface area contributed by atoms with E-state index >= 15 is 0 Å². The molecular formula is C24H19F5N2O3S. The van der Waals surface area contributed by atoms with E-state index in [9.17, 15) is 30.4 Å². The Bertz CT molecular complexity index is 1390. The molecule has 3 aromatic rings. The summed E-state index contributed by atoms with van der Waals surface area (Å²) >= 11 is 0. The third-order valence-electron chi connectivity index (χ3n) is 5.30. The van der Waals surface area contributed by atoms with Gasteiger partial charge in [-0.15, -0.1) is 0 Å². The van der Waals surface area contributed by atoms with Crippen LogP contribution < -0.4 is 14.4 Å². The summed E-state index contributed by atoms with van der Waals surface area (Å²) in [5.41, 5.74) is -2.06. The van der Waals surface area contributed by atoms with E-state index in [-0.39, 0.29) is 34.3 Å². The predicted molar refractivity (Wildman–Crippen MR) is 122 cm³/mol. The maximum atomic E-state index is 14.3. The first-order chi connectivity index (χ1) is 16.4. The third-order valence-corrected chi connectivity index (χ3v) is 7.09. The van der Waals surface area contributed by atoms with Crippen molar-refractivity contribution in [2.45, 2.75) is 24.1 Å². The predicted octanol–water partition coefficient (Wildman–Crippen LogP) is 6.04. The standard InChI is InChI=1S/C24H19F5N2O3S/c1-14-13-31(35(32,33)18-9-6-16(25)7-10-18)21-12-17(8-11-22(21)34-14)30-15(2)23-19(24(27,28)29)4-3-5-20(23)26/h3-12,14,30H,2,13H2,1H3. The fourth-order valence-electron chi connectivity index (χ4n) is 3.74. The average Bonchev–Trinajstić information content (AvgIpc) is 2.78. The van der Waals surface area contributed by atoms with Gasteiger partial charge < -0.3 is 10.1 Å². The zero-order valence-electron chi connectivity index (χ0n) is 18.2. The molecule has 4 rings (SSSR count). The minimum atomic E-state index is -4.82. The highest BCUT2D eigenvalue weighted by Gasteiger charge is 2.36. The molecule has 3 aromatic carbocycles. The monoisotopic (exact) mass is 510 g/mol. The van der Waals surface area contributed by atoms with Crippen LogP contribution in [0, 0.1) is 11.6 Å². The second-order valence-corrected chi connectivity index (χ2v) is 9.73. The highest BCUT2D eigenvalue weighted by molar-refractivity contribution is 7.92. The molecule has 1 heterocycles. The van der Waals surface area contributed by atoms with Crippen molar-refractivity contribution < 1.29 is 35.1 Å². The lowest BCUT2D eigenvalue weighted by atomic mass is 10.0. The highest BCUT2D eigenvalue weighted by Crippen LogP contribution is 2.40. The fraction of sp³-hybridized carbons (Fsp3) is 0.167. The van der Waals surface area contributed by atoms with Crippen molar-refractivity contribution >= 4 is 27.1 Å². The van der Waals surface area contributed by atoms with Gasteiger partial charge in [-0.3, -0.25) is 4.31 Å². The molecule has 0 spiro atoms. The van der Waals surface area contributed by atoms with Crippen LogP contribution in [-0.2, 0) is 16.2 Å². The van der Waals surface area contributed by atoms with Gasteiger partial charge >= 0.3 is 6.18 Å². The first kappa shape index (κ1) is 24.5. The van der Waals surface area contributed by atoms with Gasteiger partial charge in [-0.05, 0) is 61.5 Å². The number of halogens is 5. The van der Waals surface area contributed by atoms with Crippen LogP contribution in [0.2, 0.25) is 0 Å². The molecule has 5 nitrogen and oxygen atoms in total. The van der Waals surface area contributed by atoms with Gasteiger partial charge in [-0.25, -0.2) is 17.2 Å². The van der Waals surface area contributed by atoms with Crippen molar-refractivity contribution in [3.63, 3.8) is 0 Å². The molecule has 1 atom stereocenters. The van der Waals surface area contributed by atoms with E-state index in [1.54, 1.807) is 6.92 Å². The maximum Gasteiger partial charge on any atom is 0.417 e. The van der Waals surface area contributed by atoms with E-state index in [0.29, 0.717) is 0 Å². The molecule has 184 valence electrons. The van der Waals surface area contributed by atoms with Gasteiger partial charge in [0.25, 0.3) is 10.0 Å². The molecule has 1 N–H and O–H groups in total. The minimum Gasteiger partial charge on any atom is -0.487 e. The first-order valence-electron chi connectivity index (χ1n) is 10.3. The SMILES string of the molecule is C=C(Nc1ccc2c(c1)N(S(=O)(=O)c1ccc(F)cc1)CC(C)O2)c1c(F)cccc1C(F)(F)F. The lowest BCUT2D eigenvalue weighted by Gasteiger charge is -2.34. The molecule has 0 radical (unpaired) electrons. The number of anilines is 2. The molecular weight excluding hydrogens is 491 g/mol. The van der Waals surface area contributed by atoms with Crippen LogP contribution in [0.3, 0.4) is 0 Å². The van der Waals surface area contributed by atoms with Gasteiger partial charge in [0.2, 0.25) is 0 Å². The highest BCUT2D eigenvalue weighted by atomic mass is 32.2. The Kier molecular flexibility index (Phi) is 6.22. The Morgan fingerprint density at radius 3 is 2.43 bits per heavy atom. The number of sulfonamides is 1. The molecule has 0 aromatic heterocycles. The van der Waals surface area contributed by atoms with Crippen molar-refractivity contribution in [3.05, 3.63) is 90.0 Å². The largest absolute Gasteiger partial charge is 0.487 e. The molecule has 0 amide bonds. The van der Waals surface area contributed by atoms with Crippen LogP contribution in [0.15, 0.2) is 72.1 Å². The van der Waals surface area contributed by atoms with E-state index in [4.69, 9.17) is 4.74 Å². The van der Waals surface area contributed by atoms with Crippen LogP contribution >= 0.6 is 0 Å². The molecule has 35 heavy (non-hydrogen) atoms. The van der Waals surface area contributed by atoms with Crippen molar-refractivity contribution in [2.75, 3.05) is 16.2 Å². The summed E-state index contributed by atoms with van der Waals surface area (Å²) in [4.78, 5) is -0.150. The molecule has 1 aliphatic heterocycles. The van der Waals surface area contributed by atoms with E-state index in [2.05, 4.69) is 11.9 Å². The molecule has 0 saturated heterocycles. The number of alkyl halides is 3. The second kappa shape index (κ2) is 8.88. The molecule has 0 bridgehead atoms. The van der Waals surface area contributed by atoms with E-state index in [0.717, 1.165) is 46.8 Å². The number of fused-ring (bicyclic) bond motifs is 1. The topological polar surface area (TPSA) is 58.6 Å². The summed E-state index contributed by atoms with van der Waals surface area (Å²) in [6.45, 7) is 5.15. The fourth-order valence-corrected chi connectivity index (χ4v) is 5.28. The van der Waals surface area contributed by atoms with Crippen molar-refractivity contribution in [1.29, 1.82) is 0 Å². The lowest BCUT2D eigenvalue weighted by Crippen LogP contribution is -2.42. The maximum absolute atomic E-state index is 14.3. The first-order valence-corrected chi connectivity index (χ1v) is 11.7. The zero-order chi connectivity index (χ0) is 25.5. The Labute approximate surface area is 198 Å². The Morgan fingerprint density at radius 1 is 1.09 bits per heavy atom. The summed E-state index contributed by atoms with van der Waals surface area (Å²) in [7, 11) is -4.13. The molecule has 0 aliphatic carbocycles. The number of benzene rings is 3. The van der Waals surface area contributed by atoms with Crippen molar-refractivity contribution in [2.24, 2.45) is 0 Å². The third kappa shape index (κ3) is 4.81. The van der Waals surface area contributed by atoms with E-state index in [1.807, 2.05) is 0 Å². The van der Waals surface area contributed by atoms with Gasteiger partial charge in [0.05, 0.1) is 22.7 Å². The number of hydrogen-bond donors (Lipinski definition) is 1. The van der Waals surface area contributed by atoms with Crippen LogP contribution in [-0.4, -0.2) is 21.1 Å². The molecule has 11 heteroatoms.